The zero-order valence-corrected chi connectivity index (χ0v) is 9.81. The lowest BCUT2D eigenvalue weighted by atomic mass is 9.78. The van der Waals surface area contributed by atoms with Crippen LogP contribution in [0.25, 0.3) is 0 Å². The molecule has 1 aliphatic rings. The Hall–Kier alpha value is -0.850. The lowest BCUT2D eigenvalue weighted by molar-refractivity contribution is 0.402. The van der Waals surface area contributed by atoms with Crippen molar-refractivity contribution in [2.75, 3.05) is 0 Å². The number of halogens is 1. The maximum Gasteiger partial charge on any atom is 0.130 e. The van der Waals surface area contributed by atoms with Crippen molar-refractivity contribution in [3.63, 3.8) is 0 Å². The second-order valence-corrected chi connectivity index (χ2v) is 4.98. The second-order valence-electron chi connectivity index (χ2n) is 4.98. The average Bonchev–Trinajstić information content (AvgIpc) is 2.06. The topological polar surface area (TPSA) is 0 Å². The van der Waals surface area contributed by atoms with Crippen LogP contribution >= 0.6 is 0 Å². The first-order valence-corrected chi connectivity index (χ1v) is 5.90. The molecule has 0 atom stereocenters. The van der Waals surface area contributed by atoms with E-state index < -0.39 is 0 Å². The van der Waals surface area contributed by atoms with E-state index in [9.17, 15) is 4.39 Å². The summed E-state index contributed by atoms with van der Waals surface area (Å²) in [6.07, 6.45) is 3.59. The molecule has 0 N–H and O–H groups in total. The van der Waals surface area contributed by atoms with Crippen molar-refractivity contribution in [2.24, 2.45) is 0 Å². The highest BCUT2D eigenvalue weighted by Crippen LogP contribution is 2.39. The molecule has 1 aromatic rings. The predicted octanol–water partition coefficient (Wildman–Crippen LogP) is 4.53. The van der Waals surface area contributed by atoms with Crippen LogP contribution in [0.2, 0.25) is 0 Å². The fourth-order valence-electron chi connectivity index (χ4n) is 2.45. The Labute approximate surface area is 91.5 Å². The van der Waals surface area contributed by atoms with E-state index in [1.54, 1.807) is 0 Å². The standard InChI is InChI=1S/C14H19F/c1-9(2)13-10(3)7-8-12(14(13)15)11-5-4-6-11/h7-9,11H,4-6H2,1-3H3. The van der Waals surface area contributed by atoms with Gasteiger partial charge < -0.3 is 0 Å². The third kappa shape index (κ3) is 1.80. The summed E-state index contributed by atoms with van der Waals surface area (Å²) in [6.45, 7) is 6.13. The summed E-state index contributed by atoms with van der Waals surface area (Å²) >= 11 is 0. The first-order valence-electron chi connectivity index (χ1n) is 5.90. The highest BCUT2D eigenvalue weighted by Gasteiger charge is 2.24. The minimum Gasteiger partial charge on any atom is -0.206 e. The van der Waals surface area contributed by atoms with Gasteiger partial charge in [-0.2, -0.15) is 0 Å². The molecule has 0 bridgehead atoms. The fraction of sp³-hybridized carbons (Fsp3) is 0.571. The lowest BCUT2D eigenvalue weighted by Gasteiger charge is -2.27. The summed E-state index contributed by atoms with van der Waals surface area (Å²) in [4.78, 5) is 0. The molecule has 0 aliphatic heterocycles. The van der Waals surface area contributed by atoms with Crippen LogP contribution in [0.1, 0.15) is 61.6 Å². The van der Waals surface area contributed by atoms with E-state index in [4.69, 9.17) is 0 Å². The van der Waals surface area contributed by atoms with Crippen LogP contribution < -0.4 is 0 Å². The van der Waals surface area contributed by atoms with E-state index >= 15 is 0 Å². The molecule has 2 rings (SSSR count). The van der Waals surface area contributed by atoms with Gasteiger partial charge in [-0.15, -0.1) is 0 Å². The van der Waals surface area contributed by atoms with Crippen LogP contribution in [-0.2, 0) is 0 Å². The molecule has 1 aliphatic carbocycles. The minimum atomic E-state index is 0.0645. The smallest absolute Gasteiger partial charge is 0.130 e. The van der Waals surface area contributed by atoms with Crippen LogP contribution in [0.4, 0.5) is 4.39 Å². The molecule has 0 saturated heterocycles. The molecule has 0 heterocycles. The van der Waals surface area contributed by atoms with Gasteiger partial charge in [0.25, 0.3) is 0 Å². The van der Waals surface area contributed by atoms with Gasteiger partial charge in [0.15, 0.2) is 0 Å². The van der Waals surface area contributed by atoms with Crippen molar-refractivity contribution in [2.45, 2.75) is 51.9 Å². The predicted molar refractivity (Wildman–Crippen MR) is 61.8 cm³/mol. The molecule has 0 aromatic heterocycles. The molecule has 15 heavy (non-hydrogen) atoms. The van der Waals surface area contributed by atoms with E-state index in [-0.39, 0.29) is 11.7 Å². The minimum absolute atomic E-state index is 0.0645. The van der Waals surface area contributed by atoms with Gasteiger partial charge in [-0.1, -0.05) is 32.4 Å². The largest absolute Gasteiger partial charge is 0.206 e. The lowest BCUT2D eigenvalue weighted by Crippen LogP contribution is -2.12. The number of aryl methyl sites for hydroxylation is 1. The summed E-state index contributed by atoms with van der Waals surface area (Å²) in [6, 6.07) is 4.06. The maximum atomic E-state index is 14.3. The Morgan fingerprint density at radius 2 is 1.93 bits per heavy atom. The van der Waals surface area contributed by atoms with Gasteiger partial charge in [0.1, 0.15) is 5.82 Å². The van der Waals surface area contributed by atoms with E-state index in [0.29, 0.717) is 5.92 Å². The highest BCUT2D eigenvalue weighted by molar-refractivity contribution is 5.37. The molecule has 0 nitrogen and oxygen atoms in total. The van der Waals surface area contributed by atoms with Crippen molar-refractivity contribution >= 4 is 0 Å². The van der Waals surface area contributed by atoms with E-state index in [0.717, 1.165) is 29.5 Å². The first-order chi connectivity index (χ1) is 7.11. The third-order valence-electron chi connectivity index (χ3n) is 3.55. The summed E-state index contributed by atoms with van der Waals surface area (Å²) in [5.74, 6) is 0.836. The zero-order valence-electron chi connectivity index (χ0n) is 9.81. The van der Waals surface area contributed by atoms with Crippen molar-refractivity contribution in [3.8, 4) is 0 Å². The quantitative estimate of drug-likeness (QED) is 0.667. The molecule has 1 fully saturated rings. The first kappa shape index (κ1) is 10.7. The monoisotopic (exact) mass is 206 g/mol. The molecule has 0 radical (unpaired) electrons. The zero-order chi connectivity index (χ0) is 11.0. The average molecular weight is 206 g/mol. The Balaban J connectivity index is 2.44. The number of rotatable bonds is 2. The van der Waals surface area contributed by atoms with Crippen LogP contribution in [0.5, 0.6) is 0 Å². The van der Waals surface area contributed by atoms with Crippen molar-refractivity contribution in [3.05, 3.63) is 34.6 Å². The second kappa shape index (κ2) is 3.96. The van der Waals surface area contributed by atoms with Crippen molar-refractivity contribution < 1.29 is 4.39 Å². The van der Waals surface area contributed by atoms with Crippen LogP contribution in [-0.4, -0.2) is 0 Å². The van der Waals surface area contributed by atoms with Gasteiger partial charge in [-0.05, 0) is 48.3 Å². The molecule has 0 spiro atoms. The van der Waals surface area contributed by atoms with Crippen molar-refractivity contribution in [1.29, 1.82) is 0 Å². The van der Waals surface area contributed by atoms with Crippen LogP contribution in [0.3, 0.4) is 0 Å². The number of benzene rings is 1. The summed E-state index contributed by atoms with van der Waals surface area (Å²) in [5.41, 5.74) is 2.96. The van der Waals surface area contributed by atoms with E-state index in [1.165, 1.54) is 6.42 Å². The van der Waals surface area contributed by atoms with Gasteiger partial charge in [-0.3, -0.25) is 0 Å². The SMILES string of the molecule is Cc1ccc(C2CCC2)c(F)c1C(C)C. The molecule has 1 saturated carbocycles. The maximum absolute atomic E-state index is 14.3. The molecule has 0 amide bonds. The van der Waals surface area contributed by atoms with Crippen LogP contribution in [0, 0.1) is 12.7 Å². The normalized spacial score (nSPS) is 16.9. The van der Waals surface area contributed by atoms with E-state index in [2.05, 4.69) is 19.9 Å². The van der Waals surface area contributed by atoms with Gasteiger partial charge in [0, 0.05) is 0 Å². The Morgan fingerprint density at radius 1 is 1.27 bits per heavy atom. The Bertz CT molecular complexity index is 362. The number of hydrogen-bond donors (Lipinski definition) is 0. The molecule has 1 heteroatoms. The number of hydrogen-bond acceptors (Lipinski definition) is 0. The molecular weight excluding hydrogens is 187 g/mol. The molecule has 82 valence electrons. The van der Waals surface area contributed by atoms with Gasteiger partial charge in [0.2, 0.25) is 0 Å². The Kier molecular flexibility index (Phi) is 2.81. The highest BCUT2D eigenvalue weighted by atomic mass is 19.1. The van der Waals surface area contributed by atoms with Gasteiger partial charge in [-0.25, -0.2) is 4.39 Å². The third-order valence-corrected chi connectivity index (χ3v) is 3.55. The van der Waals surface area contributed by atoms with Gasteiger partial charge in [0.05, 0.1) is 0 Å². The molecule has 0 unspecified atom stereocenters. The fourth-order valence-corrected chi connectivity index (χ4v) is 2.45. The molecular formula is C14H19F. The van der Waals surface area contributed by atoms with Crippen molar-refractivity contribution in [1.82, 2.24) is 0 Å². The van der Waals surface area contributed by atoms with Crippen LogP contribution in [0.15, 0.2) is 12.1 Å². The Morgan fingerprint density at radius 3 is 2.40 bits per heavy atom. The van der Waals surface area contributed by atoms with Gasteiger partial charge >= 0.3 is 0 Å². The summed E-state index contributed by atoms with van der Waals surface area (Å²) < 4.78 is 14.3. The summed E-state index contributed by atoms with van der Waals surface area (Å²) in [7, 11) is 0. The molecule has 1 aromatic carbocycles. The summed E-state index contributed by atoms with van der Waals surface area (Å²) in [5, 5.41) is 0. The van der Waals surface area contributed by atoms with E-state index in [1.807, 2.05) is 13.0 Å².